The molecule has 0 bridgehead atoms. The van der Waals surface area contributed by atoms with E-state index in [1.807, 2.05) is 56.3 Å². The SMILES string of the molecule is CC(C)C1COC(=O)C(Cc2ccccc2)CCC=CCC(CC(=O)NCCOCCO)C(=O)N1. The Morgan fingerprint density at radius 1 is 1.17 bits per heavy atom. The molecule has 1 heterocycles. The molecule has 3 atom stereocenters. The van der Waals surface area contributed by atoms with Crippen LogP contribution in [0.2, 0.25) is 0 Å². The van der Waals surface area contributed by atoms with Crippen molar-refractivity contribution in [1.82, 2.24) is 10.6 Å². The molecule has 1 aliphatic heterocycles. The average Bonchev–Trinajstić information content (AvgIpc) is 2.85. The lowest BCUT2D eigenvalue weighted by atomic mass is 9.94. The van der Waals surface area contributed by atoms with Crippen LogP contribution in [0.15, 0.2) is 42.5 Å². The van der Waals surface area contributed by atoms with Gasteiger partial charge in [-0.05, 0) is 37.2 Å². The van der Waals surface area contributed by atoms with Crippen LogP contribution in [0.5, 0.6) is 0 Å². The third-order valence-electron chi connectivity index (χ3n) is 6.07. The highest BCUT2D eigenvalue weighted by Gasteiger charge is 2.27. The lowest BCUT2D eigenvalue weighted by Crippen LogP contribution is -2.46. The zero-order chi connectivity index (χ0) is 25.5. The molecule has 1 aliphatic rings. The van der Waals surface area contributed by atoms with Gasteiger partial charge < -0.3 is 25.2 Å². The van der Waals surface area contributed by atoms with Crippen LogP contribution in [0.3, 0.4) is 0 Å². The first-order valence-corrected chi connectivity index (χ1v) is 12.5. The number of esters is 1. The number of carbonyl (C=O) groups excluding carboxylic acids is 3. The summed E-state index contributed by atoms with van der Waals surface area (Å²) < 4.78 is 10.8. The van der Waals surface area contributed by atoms with Crippen LogP contribution in [0.1, 0.15) is 45.1 Å². The first-order chi connectivity index (χ1) is 16.9. The fourth-order valence-corrected chi connectivity index (χ4v) is 3.88. The Morgan fingerprint density at radius 3 is 2.66 bits per heavy atom. The summed E-state index contributed by atoms with van der Waals surface area (Å²) in [6.07, 6.45) is 6.33. The van der Waals surface area contributed by atoms with E-state index in [1.54, 1.807) is 0 Å². The standard InChI is InChI=1S/C27H40N2O6/c1-20(2)24-19-35-27(33)23(17-21-9-5-3-6-10-21)12-8-4-7-11-22(26(32)29-24)18-25(31)28-13-15-34-16-14-30/h3-7,9-10,20,22-24,30H,8,11-19H2,1-2H3,(H,28,31)(H,29,32). The van der Waals surface area contributed by atoms with Gasteiger partial charge in [-0.1, -0.05) is 56.3 Å². The second kappa shape index (κ2) is 16.1. The Balaban J connectivity index is 2.05. The molecule has 0 radical (unpaired) electrons. The van der Waals surface area contributed by atoms with Crippen molar-refractivity contribution in [1.29, 1.82) is 0 Å². The topological polar surface area (TPSA) is 114 Å². The monoisotopic (exact) mass is 488 g/mol. The summed E-state index contributed by atoms with van der Waals surface area (Å²) in [5.74, 6) is -1.44. The number of benzene rings is 1. The molecular formula is C27H40N2O6. The molecule has 1 aromatic rings. The molecule has 0 aromatic heterocycles. The predicted octanol–water partition coefficient (Wildman–Crippen LogP) is 2.40. The number of rotatable bonds is 10. The van der Waals surface area contributed by atoms with Gasteiger partial charge >= 0.3 is 5.97 Å². The van der Waals surface area contributed by atoms with Crippen LogP contribution in [-0.2, 0) is 30.3 Å². The van der Waals surface area contributed by atoms with Crippen molar-refractivity contribution in [3.05, 3.63) is 48.0 Å². The second-order valence-corrected chi connectivity index (χ2v) is 9.25. The van der Waals surface area contributed by atoms with E-state index in [9.17, 15) is 14.4 Å². The molecular weight excluding hydrogens is 448 g/mol. The van der Waals surface area contributed by atoms with Gasteiger partial charge in [-0.3, -0.25) is 14.4 Å². The number of nitrogens with one attached hydrogen (secondary N) is 2. The first-order valence-electron chi connectivity index (χ1n) is 12.5. The van der Waals surface area contributed by atoms with Crippen molar-refractivity contribution in [2.75, 3.05) is 33.0 Å². The summed E-state index contributed by atoms with van der Waals surface area (Å²) in [7, 11) is 0. The Labute approximate surface area is 208 Å². The number of amides is 2. The highest BCUT2D eigenvalue weighted by Crippen LogP contribution is 2.19. The molecule has 2 rings (SSSR count). The van der Waals surface area contributed by atoms with Gasteiger partial charge in [0, 0.05) is 13.0 Å². The van der Waals surface area contributed by atoms with E-state index in [-0.39, 0.29) is 61.9 Å². The summed E-state index contributed by atoms with van der Waals surface area (Å²) >= 11 is 0. The summed E-state index contributed by atoms with van der Waals surface area (Å²) in [4.78, 5) is 38.4. The minimum Gasteiger partial charge on any atom is -0.463 e. The normalized spacial score (nSPS) is 21.9. The minimum absolute atomic E-state index is 0.0530. The number of hydrogen-bond donors (Lipinski definition) is 3. The Bertz CT molecular complexity index is 811. The van der Waals surface area contributed by atoms with Gasteiger partial charge in [-0.15, -0.1) is 0 Å². The van der Waals surface area contributed by atoms with Gasteiger partial charge in [0.25, 0.3) is 0 Å². The summed E-state index contributed by atoms with van der Waals surface area (Å²) in [6.45, 7) is 4.80. The van der Waals surface area contributed by atoms with Gasteiger partial charge in [0.15, 0.2) is 0 Å². The molecule has 0 spiro atoms. The second-order valence-electron chi connectivity index (χ2n) is 9.25. The quantitative estimate of drug-likeness (QED) is 0.265. The minimum atomic E-state index is -0.526. The van der Waals surface area contributed by atoms with Gasteiger partial charge in [-0.25, -0.2) is 0 Å². The van der Waals surface area contributed by atoms with Crippen LogP contribution in [0.25, 0.3) is 0 Å². The maximum Gasteiger partial charge on any atom is 0.309 e. The highest BCUT2D eigenvalue weighted by atomic mass is 16.5. The van der Waals surface area contributed by atoms with Crippen LogP contribution in [-0.4, -0.2) is 61.9 Å². The molecule has 3 N–H and O–H groups in total. The molecule has 0 saturated carbocycles. The predicted molar refractivity (Wildman–Crippen MR) is 133 cm³/mol. The molecule has 1 aromatic carbocycles. The zero-order valence-corrected chi connectivity index (χ0v) is 20.9. The summed E-state index contributed by atoms with van der Waals surface area (Å²) in [6, 6.07) is 9.55. The maximum absolute atomic E-state index is 13.1. The van der Waals surface area contributed by atoms with Crippen LogP contribution in [0, 0.1) is 17.8 Å². The highest BCUT2D eigenvalue weighted by molar-refractivity contribution is 5.86. The third-order valence-corrected chi connectivity index (χ3v) is 6.07. The molecule has 8 nitrogen and oxygen atoms in total. The average molecular weight is 489 g/mol. The Morgan fingerprint density at radius 2 is 1.94 bits per heavy atom. The number of hydrogen-bond acceptors (Lipinski definition) is 6. The van der Waals surface area contributed by atoms with E-state index in [0.717, 1.165) is 5.56 Å². The van der Waals surface area contributed by atoms with E-state index in [0.29, 0.717) is 38.8 Å². The number of aliphatic hydroxyl groups excluding tert-OH is 1. The van der Waals surface area contributed by atoms with E-state index in [4.69, 9.17) is 14.6 Å². The van der Waals surface area contributed by atoms with Crippen LogP contribution < -0.4 is 10.6 Å². The molecule has 194 valence electrons. The fraction of sp³-hybridized carbons (Fsp3) is 0.593. The van der Waals surface area contributed by atoms with E-state index in [2.05, 4.69) is 10.6 Å². The Hall–Kier alpha value is -2.71. The van der Waals surface area contributed by atoms with Gasteiger partial charge in [0.2, 0.25) is 11.8 Å². The van der Waals surface area contributed by atoms with Crippen molar-refractivity contribution in [2.45, 2.75) is 52.0 Å². The number of cyclic esters (lactones) is 1. The van der Waals surface area contributed by atoms with E-state index >= 15 is 0 Å². The maximum atomic E-state index is 13.1. The third kappa shape index (κ3) is 11.0. The smallest absolute Gasteiger partial charge is 0.309 e. The zero-order valence-electron chi connectivity index (χ0n) is 20.9. The van der Waals surface area contributed by atoms with E-state index < -0.39 is 5.92 Å². The lowest BCUT2D eigenvalue weighted by Gasteiger charge is -2.25. The Kier molecular flexibility index (Phi) is 13.1. The van der Waals surface area contributed by atoms with Crippen LogP contribution >= 0.6 is 0 Å². The molecule has 0 fully saturated rings. The summed E-state index contributed by atoms with van der Waals surface area (Å²) in [5.41, 5.74) is 1.09. The van der Waals surface area contributed by atoms with E-state index in [1.165, 1.54) is 0 Å². The van der Waals surface area contributed by atoms with Crippen molar-refractivity contribution in [3.8, 4) is 0 Å². The lowest BCUT2D eigenvalue weighted by molar-refractivity contribution is -0.150. The van der Waals surface area contributed by atoms with Gasteiger partial charge in [0.1, 0.15) is 6.61 Å². The fourth-order valence-electron chi connectivity index (χ4n) is 3.88. The molecule has 8 heteroatoms. The van der Waals surface area contributed by atoms with Gasteiger partial charge in [-0.2, -0.15) is 0 Å². The number of ether oxygens (including phenoxy) is 2. The molecule has 3 unspecified atom stereocenters. The number of allylic oxidation sites excluding steroid dienone is 2. The van der Waals surface area contributed by atoms with Crippen LogP contribution in [0.4, 0.5) is 0 Å². The molecule has 0 aliphatic carbocycles. The number of aliphatic hydroxyl groups is 1. The largest absolute Gasteiger partial charge is 0.463 e. The van der Waals surface area contributed by atoms with Crippen molar-refractivity contribution in [2.24, 2.45) is 17.8 Å². The number of carbonyl (C=O) groups is 3. The first kappa shape index (κ1) is 28.5. The molecule has 2 amide bonds. The van der Waals surface area contributed by atoms with Gasteiger partial charge in [0.05, 0.1) is 37.7 Å². The molecule has 35 heavy (non-hydrogen) atoms. The van der Waals surface area contributed by atoms with Crippen molar-refractivity contribution >= 4 is 17.8 Å². The van der Waals surface area contributed by atoms with Crippen molar-refractivity contribution in [3.63, 3.8) is 0 Å². The molecule has 0 saturated heterocycles. The van der Waals surface area contributed by atoms with Crippen molar-refractivity contribution < 1.29 is 29.0 Å². The summed E-state index contributed by atoms with van der Waals surface area (Å²) in [5, 5.41) is 14.5.